The summed E-state index contributed by atoms with van der Waals surface area (Å²) >= 11 is 1.10. The minimum absolute atomic E-state index is 0.147. The van der Waals surface area contributed by atoms with Crippen LogP contribution < -0.4 is 5.32 Å². The zero-order valence-electron chi connectivity index (χ0n) is 13.8. The van der Waals surface area contributed by atoms with Crippen LogP contribution in [0.25, 0.3) is 0 Å². The summed E-state index contributed by atoms with van der Waals surface area (Å²) in [6.45, 7) is 5.05. The van der Waals surface area contributed by atoms with Crippen LogP contribution in [0.2, 0.25) is 0 Å². The van der Waals surface area contributed by atoms with E-state index in [0.29, 0.717) is 15.4 Å². The molecule has 1 aromatic carbocycles. The van der Waals surface area contributed by atoms with E-state index in [4.69, 9.17) is 4.74 Å². The van der Waals surface area contributed by atoms with Gasteiger partial charge in [-0.05, 0) is 31.9 Å². The molecular formula is C18H19NO4S. The summed E-state index contributed by atoms with van der Waals surface area (Å²) < 4.78 is 5.05. The second-order valence-corrected chi connectivity index (χ2v) is 6.27. The van der Waals surface area contributed by atoms with Gasteiger partial charge in [0.05, 0.1) is 23.5 Å². The molecule has 0 saturated heterocycles. The summed E-state index contributed by atoms with van der Waals surface area (Å²) in [5, 5.41) is 3.10. The molecule has 0 spiro atoms. The van der Waals surface area contributed by atoms with Gasteiger partial charge in [0.1, 0.15) is 5.00 Å². The lowest BCUT2D eigenvalue weighted by molar-refractivity contribution is -0.115. The Kier molecular flexibility index (Phi) is 5.87. The Balaban J connectivity index is 2.28. The van der Waals surface area contributed by atoms with Crippen LogP contribution in [0.3, 0.4) is 0 Å². The van der Waals surface area contributed by atoms with Gasteiger partial charge in [-0.15, -0.1) is 11.3 Å². The van der Waals surface area contributed by atoms with Crippen molar-refractivity contribution in [3.63, 3.8) is 0 Å². The third-order valence-electron chi connectivity index (χ3n) is 3.41. The average Bonchev–Trinajstić information content (AvgIpc) is 2.85. The van der Waals surface area contributed by atoms with Gasteiger partial charge in [0.15, 0.2) is 5.78 Å². The third kappa shape index (κ3) is 4.08. The number of esters is 1. The van der Waals surface area contributed by atoms with E-state index in [-0.39, 0.29) is 30.3 Å². The van der Waals surface area contributed by atoms with E-state index in [1.54, 1.807) is 13.8 Å². The minimum atomic E-state index is -0.534. The van der Waals surface area contributed by atoms with Gasteiger partial charge >= 0.3 is 5.97 Å². The van der Waals surface area contributed by atoms with Crippen molar-refractivity contribution >= 4 is 34.0 Å². The zero-order chi connectivity index (χ0) is 17.7. The predicted octanol–water partition coefficient (Wildman–Crippen LogP) is 3.62. The third-order valence-corrected chi connectivity index (χ3v) is 4.71. The zero-order valence-corrected chi connectivity index (χ0v) is 14.7. The van der Waals surface area contributed by atoms with Crippen molar-refractivity contribution in [1.29, 1.82) is 0 Å². The number of ether oxygens (including phenoxy) is 1. The van der Waals surface area contributed by atoms with Gasteiger partial charge in [-0.2, -0.15) is 0 Å². The first-order valence-corrected chi connectivity index (χ1v) is 8.40. The molecular weight excluding hydrogens is 326 g/mol. The molecule has 0 aliphatic heterocycles. The fourth-order valence-electron chi connectivity index (χ4n) is 2.34. The highest BCUT2D eigenvalue weighted by Gasteiger charge is 2.25. The first-order chi connectivity index (χ1) is 11.4. The number of carbonyl (C=O) groups is 3. The average molecular weight is 345 g/mol. The molecule has 1 aromatic heterocycles. The molecule has 0 fully saturated rings. The number of amides is 1. The lowest BCUT2D eigenvalue weighted by Gasteiger charge is -2.07. The number of carbonyl (C=O) groups excluding carboxylic acids is 3. The molecule has 1 amide bonds. The van der Waals surface area contributed by atoms with Crippen LogP contribution in [0, 0.1) is 6.92 Å². The molecule has 0 aliphatic rings. The molecule has 2 aromatic rings. The quantitative estimate of drug-likeness (QED) is 0.641. The van der Waals surface area contributed by atoms with E-state index in [9.17, 15) is 14.4 Å². The molecule has 24 heavy (non-hydrogen) atoms. The maximum absolute atomic E-state index is 12.3. The van der Waals surface area contributed by atoms with Crippen molar-refractivity contribution in [2.45, 2.75) is 27.2 Å². The highest BCUT2D eigenvalue weighted by molar-refractivity contribution is 7.18. The summed E-state index contributed by atoms with van der Waals surface area (Å²) in [6.07, 6.45) is 0.190. The fourth-order valence-corrected chi connectivity index (χ4v) is 3.44. The number of nitrogens with one attached hydrogen (secondary N) is 1. The van der Waals surface area contributed by atoms with Gasteiger partial charge in [-0.25, -0.2) is 4.79 Å². The monoisotopic (exact) mass is 345 g/mol. The Labute approximate surface area is 144 Å². The van der Waals surface area contributed by atoms with E-state index in [2.05, 4.69) is 5.32 Å². The molecule has 126 valence electrons. The van der Waals surface area contributed by atoms with E-state index in [0.717, 1.165) is 16.9 Å². The number of ketones is 1. The van der Waals surface area contributed by atoms with E-state index < -0.39 is 5.97 Å². The summed E-state index contributed by atoms with van der Waals surface area (Å²) in [6, 6.07) is 9.30. The van der Waals surface area contributed by atoms with Gasteiger partial charge in [0.2, 0.25) is 5.91 Å². The maximum atomic E-state index is 12.3. The normalized spacial score (nSPS) is 10.3. The first-order valence-electron chi connectivity index (χ1n) is 7.59. The predicted molar refractivity (Wildman–Crippen MR) is 93.8 cm³/mol. The smallest absolute Gasteiger partial charge is 0.341 e. The van der Waals surface area contributed by atoms with Crippen molar-refractivity contribution < 1.29 is 19.1 Å². The van der Waals surface area contributed by atoms with Gasteiger partial charge in [0, 0.05) is 0 Å². The van der Waals surface area contributed by atoms with Crippen molar-refractivity contribution in [2.24, 2.45) is 0 Å². The number of rotatable bonds is 6. The minimum Gasteiger partial charge on any atom is -0.462 e. The number of Topliss-reactive ketones (excluding diaryl/α,β-unsaturated/α-hetero) is 1. The van der Waals surface area contributed by atoms with Gasteiger partial charge in [-0.1, -0.05) is 30.3 Å². The topological polar surface area (TPSA) is 72.5 Å². The van der Waals surface area contributed by atoms with Crippen molar-refractivity contribution in [2.75, 3.05) is 11.9 Å². The SMILES string of the molecule is CCOC(=O)c1c(NC(=O)Cc2ccccc2)sc(C(C)=O)c1C. The lowest BCUT2D eigenvalue weighted by atomic mass is 10.1. The van der Waals surface area contributed by atoms with Crippen LogP contribution in [0.5, 0.6) is 0 Å². The molecule has 2 rings (SSSR count). The number of thiophene rings is 1. The second-order valence-electron chi connectivity index (χ2n) is 5.25. The fraction of sp³-hybridized carbons (Fsp3) is 0.278. The highest BCUT2D eigenvalue weighted by Crippen LogP contribution is 2.34. The van der Waals surface area contributed by atoms with Crippen molar-refractivity contribution in [3.05, 3.63) is 51.9 Å². The number of hydrogen-bond donors (Lipinski definition) is 1. The molecule has 0 atom stereocenters. The second kappa shape index (κ2) is 7.88. The molecule has 6 heteroatoms. The van der Waals surface area contributed by atoms with Crippen LogP contribution in [-0.2, 0) is 16.0 Å². The van der Waals surface area contributed by atoms with Crippen molar-refractivity contribution in [1.82, 2.24) is 0 Å². The Bertz CT molecular complexity index is 765. The number of benzene rings is 1. The molecule has 5 nitrogen and oxygen atoms in total. The number of anilines is 1. The van der Waals surface area contributed by atoms with Crippen LogP contribution in [0.15, 0.2) is 30.3 Å². The molecule has 1 heterocycles. The molecule has 0 unspecified atom stereocenters. The summed E-state index contributed by atoms with van der Waals surface area (Å²) in [5.41, 5.74) is 1.67. The van der Waals surface area contributed by atoms with Crippen LogP contribution in [-0.4, -0.2) is 24.3 Å². The lowest BCUT2D eigenvalue weighted by Crippen LogP contribution is -2.16. The standard InChI is InChI=1S/C18H19NO4S/c1-4-23-18(22)15-11(2)16(12(3)20)24-17(15)19-14(21)10-13-8-6-5-7-9-13/h5-9H,4,10H2,1-3H3,(H,19,21). The maximum Gasteiger partial charge on any atom is 0.341 e. The molecule has 0 radical (unpaired) electrons. The van der Waals surface area contributed by atoms with E-state index >= 15 is 0 Å². The summed E-state index contributed by atoms with van der Waals surface area (Å²) in [7, 11) is 0. The molecule has 0 saturated carbocycles. The van der Waals surface area contributed by atoms with E-state index in [1.807, 2.05) is 30.3 Å². The highest BCUT2D eigenvalue weighted by atomic mass is 32.1. The Morgan fingerprint density at radius 1 is 1.17 bits per heavy atom. The molecule has 0 aliphatic carbocycles. The summed E-state index contributed by atoms with van der Waals surface area (Å²) in [5.74, 6) is -0.927. The largest absolute Gasteiger partial charge is 0.462 e. The van der Waals surface area contributed by atoms with Crippen LogP contribution in [0.1, 0.15) is 45.0 Å². The first kappa shape index (κ1) is 17.9. The molecule has 1 N–H and O–H groups in total. The molecule has 0 bridgehead atoms. The van der Waals surface area contributed by atoms with Gasteiger partial charge in [-0.3, -0.25) is 9.59 Å². The van der Waals surface area contributed by atoms with E-state index in [1.165, 1.54) is 6.92 Å². The Hall–Kier alpha value is -2.47. The Morgan fingerprint density at radius 3 is 2.42 bits per heavy atom. The van der Waals surface area contributed by atoms with Crippen LogP contribution >= 0.6 is 11.3 Å². The van der Waals surface area contributed by atoms with Gasteiger partial charge < -0.3 is 10.1 Å². The van der Waals surface area contributed by atoms with Crippen molar-refractivity contribution in [3.8, 4) is 0 Å². The van der Waals surface area contributed by atoms with Gasteiger partial charge in [0.25, 0.3) is 0 Å². The number of hydrogen-bond acceptors (Lipinski definition) is 5. The Morgan fingerprint density at radius 2 is 1.83 bits per heavy atom. The summed E-state index contributed by atoms with van der Waals surface area (Å²) in [4.78, 5) is 36.6. The van der Waals surface area contributed by atoms with Crippen LogP contribution in [0.4, 0.5) is 5.00 Å².